The predicted octanol–water partition coefficient (Wildman–Crippen LogP) is 5.00. The van der Waals surface area contributed by atoms with Crippen molar-refractivity contribution >= 4 is 28.4 Å². The molecule has 1 aliphatic rings. The van der Waals surface area contributed by atoms with Crippen LogP contribution in [0.1, 0.15) is 33.2 Å². The van der Waals surface area contributed by atoms with Crippen molar-refractivity contribution in [3.63, 3.8) is 0 Å². The van der Waals surface area contributed by atoms with E-state index in [0.717, 1.165) is 23.2 Å². The number of hydrogen-bond donors (Lipinski definition) is 1. The summed E-state index contributed by atoms with van der Waals surface area (Å²) < 4.78 is 0. The van der Waals surface area contributed by atoms with E-state index in [-0.39, 0.29) is 11.9 Å². The molecule has 1 aliphatic heterocycles. The van der Waals surface area contributed by atoms with Gasteiger partial charge in [-0.15, -0.1) is 0 Å². The molecule has 4 aromatic rings. The standard InChI is InChI=1S/C23H18ClN3O/c24-17-7-5-15(6-8-17)22-21-19(18-3-1-2-4-20(18)26-21)11-14-27(22)23(28)16-9-12-25-13-10-16/h1-10,12-13,22,26H,11,14H2/t22-/m1/s1. The van der Waals surface area contributed by atoms with E-state index >= 15 is 0 Å². The molecule has 0 radical (unpaired) electrons. The normalized spacial score (nSPS) is 16.2. The largest absolute Gasteiger partial charge is 0.356 e. The molecule has 0 bridgehead atoms. The molecule has 5 rings (SSSR count). The lowest BCUT2D eigenvalue weighted by atomic mass is 9.92. The van der Waals surface area contributed by atoms with E-state index in [9.17, 15) is 4.79 Å². The summed E-state index contributed by atoms with van der Waals surface area (Å²) in [6.07, 6.45) is 4.13. The van der Waals surface area contributed by atoms with Crippen molar-refractivity contribution in [1.82, 2.24) is 14.9 Å². The number of aromatic amines is 1. The van der Waals surface area contributed by atoms with E-state index in [1.807, 2.05) is 35.2 Å². The number of nitrogens with zero attached hydrogens (tertiary/aromatic N) is 2. The maximum atomic E-state index is 13.3. The van der Waals surface area contributed by atoms with E-state index in [2.05, 4.69) is 28.2 Å². The topological polar surface area (TPSA) is 49.0 Å². The van der Waals surface area contributed by atoms with Crippen molar-refractivity contribution in [3.8, 4) is 0 Å². The molecule has 138 valence electrons. The summed E-state index contributed by atoms with van der Waals surface area (Å²) in [4.78, 5) is 22.9. The number of nitrogens with one attached hydrogen (secondary N) is 1. The van der Waals surface area contributed by atoms with Crippen molar-refractivity contribution in [2.45, 2.75) is 12.5 Å². The van der Waals surface area contributed by atoms with Crippen molar-refractivity contribution in [3.05, 3.63) is 100 Å². The summed E-state index contributed by atoms with van der Waals surface area (Å²) in [6.45, 7) is 0.656. The molecular formula is C23H18ClN3O. The third-order valence-corrected chi connectivity index (χ3v) is 5.66. The minimum Gasteiger partial charge on any atom is -0.356 e. The first kappa shape index (κ1) is 17.0. The van der Waals surface area contributed by atoms with Crippen LogP contribution in [0.15, 0.2) is 73.1 Å². The number of hydrogen-bond acceptors (Lipinski definition) is 2. The molecule has 1 amide bonds. The Balaban J connectivity index is 1.67. The van der Waals surface area contributed by atoms with Gasteiger partial charge in [-0.2, -0.15) is 0 Å². The molecule has 28 heavy (non-hydrogen) atoms. The monoisotopic (exact) mass is 387 g/mol. The summed E-state index contributed by atoms with van der Waals surface area (Å²) in [5.41, 5.74) is 5.16. The van der Waals surface area contributed by atoms with Crippen LogP contribution in [0.2, 0.25) is 5.02 Å². The van der Waals surface area contributed by atoms with Crippen molar-refractivity contribution in [2.75, 3.05) is 6.54 Å². The molecule has 0 unspecified atom stereocenters. The molecule has 0 fully saturated rings. The van der Waals surface area contributed by atoms with Gasteiger partial charge in [0.1, 0.15) is 0 Å². The zero-order valence-corrected chi connectivity index (χ0v) is 15.9. The Morgan fingerprint density at radius 1 is 1.04 bits per heavy atom. The zero-order valence-electron chi connectivity index (χ0n) is 15.1. The van der Waals surface area contributed by atoms with E-state index in [4.69, 9.17) is 11.6 Å². The fraction of sp³-hybridized carbons (Fsp3) is 0.130. The van der Waals surface area contributed by atoms with Crippen LogP contribution < -0.4 is 0 Å². The Bertz CT molecular complexity index is 1150. The van der Waals surface area contributed by atoms with Crippen LogP contribution in [0.4, 0.5) is 0 Å². The number of benzene rings is 2. The summed E-state index contributed by atoms with van der Waals surface area (Å²) in [5, 5.41) is 1.91. The third-order valence-electron chi connectivity index (χ3n) is 5.41. The highest BCUT2D eigenvalue weighted by Crippen LogP contribution is 2.39. The first-order valence-electron chi connectivity index (χ1n) is 9.28. The van der Waals surface area contributed by atoms with Crippen LogP contribution in [0.3, 0.4) is 0 Å². The minimum absolute atomic E-state index is 0.00616. The Morgan fingerprint density at radius 2 is 1.79 bits per heavy atom. The van der Waals surface area contributed by atoms with Gasteiger partial charge in [0.15, 0.2) is 0 Å². The molecule has 0 spiro atoms. The Hall–Kier alpha value is -3.11. The van der Waals surface area contributed by atoms with Gasteiger partial charge < -0.3 is 9.88 Å². The van der Waals surface area contributed by atoms with Crippen LogP contribution in [0.25, 0.3) is 10.9 Å². The number of aromatic nitrogens is 2. The van der Waals surface area contributed by atoms with Crippen LogP contribution in [-0.4, -0.2) is 27.3 Å². The number of fused-ring (bicyclic) bond motifs is 3. The fourth-order valence-electron chi connectivity index (χ4n) is 4.11. The molecule has 0 aliphatic carbocycles. The molecule has 1 atom stereocenters. The van der Waals surface area contributed by atoms with Gasteiger partial charge >= 0.3 is 0 Å². The number of carbonyl (C=O) groups excluding carboxylic acids is 1. The molecule has 5 heteroatoms. The average Bonchev–Trinajstić information content (AvgIpc) is 3.13. The summed E-state index contributed by atoms with van der Waals surface area (Å²) >= 11 is 6.11. The first-order chi connectivity index (χ1) is 13.7. The Kier molecular flexibility index (Phi) is 4.14. The van der Waals surface area contributed by atoms with Crippen molar-refractivity contribution in [1.29, 1.82) is 0 Å². The van der Waals surface area contributed by atoms with Gasteiger partial charge in [0.05, 0.1) is 6.04 Å². The minimum atomic E-state index is -0.186. The van der Waals surface area contributed by atoms with Gasteiger partial charge in [0.25, 0.3) is 5.91 Å². The molecule has 2 aromatic heterocycles. The molecule has 0 saturated heterocycles. The molecule has 0 saturated carbocycles. The number of amides is 1. The molecule has 3 heterocycles. The van der Waals surface area contributed by atoms with Gasteiger partial charge in [-0.25, -0.2) is 0 Å². The lowest BCUT2D eigenvalue weighted by Gasteiger charge is -2.36. The third kappa shape index (κ3) is 2.77. The van der Waals surface area contributed by atoms with Crippen molar-refractivity contribution < 1.29 is 4.79 Å². The second-order valence-corrected chi connectivity index (χ2v) is 7.44. The lowest BCUT2D eigenvalue weighted by molar-refractivity contribution is 0.0692. The van der Waals surface area contributed by atoms with E-state index in [1.54, 1.807) is 24.5 Å². The summed E-state index contributed by atoms with van der Waals surface area (Å²) in [6, 6.07) is 19.4. The van der Waals surface area contributed by atoms with Crippen LogP contribution in [0, 0.1) is 0 Å². The molecule has 2 aromatic carbocycles. The highest BCUT2D eigenvalue weighted by Gasteiger charge is 2.34. The van der Waals surface area contributed by atoms with Crippen molar-refractivity contribution in [2.24, 2.45) is 0 Å². The Morgan fingerprint density at radius 3 is 2.57 bits per heavy atom. The maximum absolute atomic E-state index is 13.3. The van der Waals surface area contributed by atoms with Gasteiger partial charge in [-0.05, 0) is 47.9 Å². The molecular weight excluding hydrogens is 370 g/mol. The molecule has 1 N–H and O–H groups in total. The highest BCUT2D eigenvalue weighted by molar-refractivity contribution is 6.30. The highest BCUT2D eigenvalue weighted by atomic mass is 35.5. The first-order valence-corrected chi connectivity index (χ1v) is 9.66. The van der Waals surface area contributed by atoms with E-state index in [1.165, 1.54) is 10.9 Å². The number of rotatable bonds is 2. The van der Waals surface area contributed by atoms with Crippen LogP contribution in [-0.2, 0) is 6.42 Å². The second-order valence-electron chi connectivity index (χ2n) is 7.00. The fourth-order valence-corrected chi connectivity index (χ4v) is 4.24. The van der Waals surface area contributed by atoms with Gasteiger partial charge in [-0.1, -0.05) is 41.9 Å². The van der Waals surface area contributed by atoms with Crippen LogP contribution in [0.5, 0.6) is 0 Å². The smallest absolute Gasteiger partial charge is 0.254 e. The SMILES string of the molecule is O=C(c1ccncc1)N1CCc2c([nH]c3ccccc23)[C@H]1c1ccc(Cl)cc1. The van der Waals surface area contributed by atoms with E-state index < -0.39 is 0 Å². The molecule has 4 nitrogen and oxygen atoms in total. The second kappa shape index (κ2) is 6.80. The van der Waals surface area contributed by atoms with E-state index in [0.29, 0.717) is 17.1 Å². The number of carbonyl (C=O) groups is 1. The Labute approximate surface area is 167 Å². The number of H-pyrrole nitrogens is 1. The van der Waals surface area contributed by atoms with Crippen LogP contribution >= 0.6 is 11.6 Å². The van der Waals surface area contributed by atoms with Gasteiger partial charge in [0.2, 0.25) is 0 Å². The summed E-state index contributed by atoms with van der Waals surface area (Å²) in [5.74, 6) is 0.00616. The summed E-state index contributed by atoms with van der Waals surface area (Å²) in [7, 11) is 0. The quantitative estimate of drug-likeness (QED) is 0.526. The lowest BCUT2D eigenvalue weighted by Crippen LogP contribution is -2.40. The zero-order chi connectivity index (χ0) is 19.1. The van der Waals surface area contributed by atoms with Gasteiger partial charge in [-0.3, -0.25) is 9.78 Å². The maximum Gasteiger partial charge on any atom is 0.254 e. The number of halogens is 1. The number of pyridine rings is 1. The predicted molar refractivity (Wildman–Crippen MR) is 111 cm³/mol. The average molecular weight is 388 g/mol. The number of para-hydroxylation sites is 1. The van der Waals surface area contributed by atoms with Gasteiger partial charge in [0, 0.05) is 46.1 Å².